The van der Waals surface area contributed by atoms with Crippen molar-refractivity contribution >= 4 is 11.6 Å². The molecule has 2 aliphatic rings. The second-order valence-electron chi connectivity index (χ2n) is 9.36. The summed E-state index contributed by atoms with van der Waals surface area (Å²) in [5, 5.41) is 4.85. The van der Waals surface area contributed by atoms with E-state index in [0.29, 0.717) is 17.6 Å². The average Bonchev–Trinajstić information content (AvgIpc) is 3.55. The fourth-order valence-electron chi connectivity index (χ4n) is 5.33. The van der Waals surface area contributed by atoms with E-state index in [1.54, 1.807) is 6.26 Å². The van der Waals surface area contributed by atoms with E-state index < -0.39 is 0 Å². The SMILES string of the molecule is CN(c1ncc(CN2CCc3ccccc3C2)c2nc(-c3ccco3)nn12)C1CCCCC1. The minimum absolute atomic E-state index is 0.496. The zero-order valence-electron chi connectivity index (χ0n) is 19.2. The largest absolute Gasteiger partial charge is 0.461 e. The van der Waals surface area contributed by atoms with Gasteiger partial charge in [0.25, 0.3) is 0 Å². The number of rotatable bonds is 5. The lowest BCUT2D eigenvalue weighted by atomic mass is 9.95. The molecular weight excluding hydrogens is 412 g/mol. The molecule has 0 saturated heterocycles. The first kappa shape index (κ1) is 20.4. The fourth-order valence-corrected chi connectivity index (χ4v) is 5.33. The van der Waals surface area contributed by atoms with Crippen molar-refractivity contribution in [3.63, 3.8) is 0 Å². The zero-order chi connectivity index (χ0) is 22.2. The van der Waals surface area contributed by atoms with Crippen LogP contribution in [0.25, 0.3) is 17.2 Å². The first-order chi connectivity index (χ1) is 16.3. The van der Waals surface area contributed by atoms with Crippen molar-refractivity contribution < 1.29 is 4.42 Å². The number of hydrogen-bond donors (Lipinski definition) is 0. The van der Waals surface area contributed by atoms with Gasteiger partial charge < -0.3 is 9.32 Å². The summed E-state index contributed by atoms with van der Waals surface area (Å²) in [5.41, 5.74) is 4.84. The van der Waals surface area contributed by atoms with Crippen LogP contribution < -0.4 is 4.90 Å². The predicted octanol–water partition coefficient (Wildman–Crippen LogP) is 4.71. The maximum Gasteiger partial charge on any atom is 0.228 e. The monoisotopic (exact) mass is 442 g/mol. The summed E-state index contributed by atoms with van der Waals surface area (Å²) in [7, 11) is 2.15. The van der Waals surface area contributed by atoms with Crippen molar-refractivity contribution in [3.05, 3.63) is 65.5 Å². The predicted molar refractivity (Wildman–Crippen MR) is 128 cm³/mol. The minimum atomic E-state index is 0.496. The second-order valence-corrected chi connectivity index (χ2v) is 9.36. The summed E-state index contributed by atoms with van der Waals surface area (Å²) in [4.78, 5) is 14.6. The van der Waals surface area contributed by atoms with Crippen LogP contribution in [-0.2, 0) is 19.5 Å². The molecule has 0 atom stereocenters. The number of hydrogen-bond acceptors (Lipinski definition) is 6. The van der Waals surface area contributed by atoms with Gasteiger partial charge in [-0.3, -0.25) is 4.90 Å². The number of nitrogens with zero attached hydrogens (tertiary/aromatic N) is 6. The van der Waals surface area contributed by atoms with Crippen LogP contribution in [-0.4, -0.2) is 44.1 Å². The highest BCUT2D eigenvalue weighted by molar-refractivity contribution is 5.58. The van der Waals surface area contributed by atoms with Crippen LogP contribution in [0.3, 0.4) is 0 Å². The number of aromatic nitrogens is 4. The van der Waals surface area contributed by atoms with E-state index in [1.807, 2.05) is 22.8 Å². The lowest BCUT2D eigenvalue weighted by Gasteiger charge is -2.32. The average molecular weight is 443 g/mol. The van der Waals surface area contributed by atoms with Gasteiger partial charge in [0, 0.05) is 44.5 Å². The Labute approximate surface area is 194 Å². The molecule has 7 nitrogen and oxygen atoms in total. The van der Waals surface area contributed by atoms with Crippen molar-refractivity contribution in [3.8, 4) is 11.6 Å². The van der Waals surface area contributed by atoms with Crippen LogP contribution in [0.1, 0.15) is 48.8 Å². The lowest BCUT2D eigenvalue weighted by Crippen LogP contribution is -2.35. The number of anilines is 1. The summed E-state index contributed by atoms with van der Waals surface area (Å²) in [6.45, 7) is 2.78. The Morgan fingerprint density at radius 3 is 2.73 bits per heavy atom. The molecule has 0 N–H and O–H groups in total. The Morgan fingerprint density at radius 2 is 1.91 bits per heavy atom. The van der Waals surface area contributed by atoms with Crippen LogP contribution in [0.2, 0.25) is 0 Å². The molecule has 3 aromatic heterocycles. The van der Waals surface area contributed by atoms with Gasteiger partial charge in [-0.1, -0.05) is 43.5 Å². The van der Waals surface area contributed by atoms with Crippen molar-refractivity contribution in [2.45, 2.75) is 57.7 Å². The van der Waals surface area contributed by atoms with E-state index in [1.165, 1.54) is 43.2 Å². The Bertz CT molecular complexity index is 1240. The van der Waals surface area contributed by atoms with Gasteiger partial charge in [-0.2, -0.15) is 4.52 Å². The summed E-state index contributed by atoms with van der Waals surface area (Å²) < 4.78 is 7.54. The molecule has 33 heavy (non-hydrogen) atoms. The van der Waals surface area contributed by atoms with Crippen molar-refractivity contribution in [2.75, 3.05) is 18.5 Å². The molecule has 7 heteroatoms. The molecule has 0 radical (unpaired) electrons. The smallest absolute Gasteiger partial charge is 0.228 e. The summed E-state index contributed by atoms with van der Waals surface area (Å²) in [6, 6.07) is 13.0. The van der Waals surface area contributed by atoms with Gasteiger partial charge in [0.15, 0.2) is 11.4 Å². The van der Waals surface area contributed by atoms with E-state index in [0.717, 1.165) is 43.2 Å². The van der Waals surface area contributed by atoms with Crippen LogP contribution in [0.15, 0.2) is 53.3 Å². The summed E-state index contributed by atoms with van der Waals surface area (Å²) >= 11 is 0. The molecule has 0 amide bonds. The standard InChI is InChI=1S/C26H30N6O/c1-30(22-10-3-2-4-11-22)26-27-16-21(18-31-14-13-19-8-5-6-9-20(19)17-31)25-28-24(29-32(25)26)23-12-7-15-33-23/h5-9,12,15-16,22H,2-4,10-11,13-14,17-18H2,1H3. The van der Waals surface area contributed by atoms with Gasteiger partial charge >= 0.3 is 0 Å². The number of fused-ring (bicyclic) bond motifs is 2. The molecule has 0 bridgehead atoms. The van der Waals surface area contributed by atoms with Crippen LogP contribution in [0.5, 0.6) is 0 Å². The molecule has 1 aliphatic heterocycles. The summed E-state index contributed by atoms with van der Waals surface area (Å²) in [6.07, 6.45) is 11.0. The van der Waals surface area contributed by atoms with Crippen molar-refractivity contribution in [2.24, 2.45) is 0 Å². The lowest BCUT2D eigenvalue weighted by molar-refractivity contribution is 0.245. The highest BCUT2D eigenvalue weighted by atomic mass is 16.3. The third-order valence-electron chi connectivity index (χ3n) is 7.20. The third kappa shape index (κ3) is 3.91. The van der Waals surface area contributed by atoms with Gasteiger partial charge in [-0.15, -0.1) is 5.10 Å². The Hall–Kier alpha value is -3.19. The molecule has 4 heterocycles. The first-order valence-electron chi connectivity index (χ1n) is 12.1. The molecule has 4 aromatic rings. The topological polar surface area (TPSA) is 62.7 Å². The van der Waals surface area contributed by atoms with Gasteiger partial charge in [0.1, 0.15) is 0 Å². The van der Waals surface area contributed by atoms with Gasteiger partial charge in [-0.25, -0.2) is 9.97 Å². The van der Waals surface area contributed by atoms with E-state index >= 15 is 0 Å². The van der Waals surface area contributed by atoms with Gasteiger partial charge in [0.2, 0.25) is 11.8 Å². The van der Waals surface area contributed by atoms with Crippen LogP contribution >= 0.6 is 0 Å². The quantitative estimate of drug-likeness (QED) is 0.446. The Kier molecular flexibility index (Phi) is 5.34. The van der Waals surface area contributed by atoms with Gasteiger partial charge in [0.05, 0.1) is 6.26 Å². The number of furan rings is 1. The van der Waals surface area contributed by atoms with E-state index in [4.69, 9.17) is 19.5 Å². The van der Waals surface area contributed by atoms with E-state index in [2.05, 4.69) is 41.1 Å². The molecule has 170 valence electrons. The maximum atomic E-state index is 5.61. The third-order valence-corrected chi connectivity index (χ3v) is 7.20. The summed E-state index contributed by atoms with van der Waals surface area (Å²) in [5.74, 6) is 2.15. The highest BCUT2D eigenvalue weighted by Gasteiger charge is 2.25. The number of benzene rings is 1. The normalized spacial score (nSPS) is 17.4. The van der Waals surface area contributed by atoms with Crippen LogP contribution in [0.4, 0.5) is 5.95 Å². The Morgan fingerprint density at radius 1 is 1.06 bits per heavy atom. The zero-order valence-corrected chi connectivity index (χ0v) is 19.2. The van der Waals surface area contributed by atoms with Gasteiger partial charge in [-0.05, 0) is 42.5 Å². The first-order valence-corrected chi connectivity index (χ1v) is 12.1. The molecule has 1 saturated carbocycles. The van der Waals surface area contributed by atoms with Crippen molar-refractivity contribution in [1.29, 1.82) is 0 Å². The molecule has 0 spiro atoms. The molecular formula is C26H30N6O. The minimum Gasteiger partial charge on any atom is -0.461 e. The highest BCUT2D eigenvalue weighted by Crippen LogP contribution is 2.28. The molecule has 1 aliphatic carbocycles. The maximum absolute atomic E-state index is 5.61. The van der Waals surface area contributed by atoms with Crippen LogP contribution in [0, 0.1) is 0 Å². The van der Waals surface area contributed by atoms with E-state index in [9.17, 15) is 0 Å². The fraction of sp³-hybridized carbons (Fsp3) is 0.423. The second kappa shape index (κ2) is 8.63. The van der Waals surface area contributed by atoms with E-state index in [-0.39, 0.29) is 0 Å². The molecule has 6 rings (SSSR count). The molecule has 1 aromatic carbocycles. The molecule has 0 unspecified atom stereocenters. The Balaban J connectivity index is 1.36. The molecule has 1 fully saturated rings. The van der Waals surface area contributed by atoms with Crippen molar-refractivity contribution in [1.82, 2.24) is 24.5 Å².